The normalized spacial score (nSPS) is 20.4. The standard InChI is InChI=1S/C17H21FN4O2/c1-21-11-13(10-20-21)8-15-16(23)5-6-22(15)17(24)19-9-12-3-2-4-14(18)7-12/h2-4,7,10-11,15-16,23H,5-6,8-9H2,1H3,(H,19,24)/t15-,16-/m1/s1. The van der Waals surface area contributed by atoms with Gasteiger partial charge in [0.2, 0.25) is 0 Å². The van der Waals surface area contributed by atoms with Crippen LogP contribution in [-0.4, -0.2) is 44.5 Å². The zero-order chi connectivity index (χ0) is 17.1. The molecule has 1 aliphatic rings. The van der Waals surface area contributed by atoms with Crippen LogP contribution in [0.5, 0.6) is 0 Å². The molecule has 1 saturated heterocycles. The number of nitrogens with one attached hydrogen (secondary N) is 1. The van der Waals surface area contributed by atoms with Gasteiger partial charge in [0.25, 0.3) is 0 Å². The molecule has 2 amide bonds. The van der Waals surface area contributed by atoms with Crippen LogP contribution in [0.4, 0.5) is 9.18 Å². The molecule has 0 saturated carbocycles. The third-order valence-electron chi connectivity index (χ3n) is 4.31. The van der Waals surface area contributed by atoms with Crippen molar-refractivity contribution in [1.82, 2.24) is 20.0 Å². The van der Waals surface area contributed by atoms with Crippen LogP contribution in [0.25, 0.3) is 0 Å². The Hall–Kier alpha value is -2.41. The van der Waals surface area contributed by atoms with Crippen molar-refractivity contribution >= 4 is 6.03 Å². The first kappa shape index (κ1) is 16.4. The number of carbonyl (C=O) groups is 1. The van der Waals surface area contributed by atoms with Crippen molar-refractivity contribution in [3.63, 3.8) is 0 Å². The van der Waals surface area contributed by atoms with E-state index in [2.05, 4.69) is 10.4 Å². The van der Waals surface area contributed by atoms with Crippen LogP contribution < -0.4 is 5.32 Å². The van der Waals surface area contributed by atoms with Crippen LogP contribution >= 0.6 is 0 Å². The van der Waals surface area contributed by atoms with Crippen LogP contribution in [0.3, 0.4) is 0 Å². The molecule has 1 aromatic heterocycles. The summed E-state index contributed by atoms with van der Waals surface area (Å²) in [6.07, 6.45) is 4.19. The van der Waals surface area contributed by atoms with E-state index < -0.39 is 6.10 Å². The maximum Gasteiger partial charge on any atom is 0.318 e. The van der Waals surface area contributed by atoms with E-state index in [-0.39, 0.29) is 24.4 Å². The van der Waals surface area contributed by atoms with E-state index in [9.17, 15) is 14.3 Å². The van der Waals surface area contributed by atoms with E-state index in [1.807, 2.05) is 13.2 Å². The summed E-state index contributed by atoms with van der Waals surface area (Å²) in [4.78, 5) is 14.1. The number of hydrogen-bond acceptors (Lipinski definition) is 3. The Morgan fingerprint density at radius 2 is 2.29 bits per heavy atom. The molecule has 1 aliphatic heterocycles. The van der Waals surface area contributed by atoms with Gasteiger partial charge in [-0.3, -0.25) is 4.68 Å². The largest absolute Gasteiger partial charge is 0.391 e. The zero-order valence-electron chi connectivity index (χ0n) is 13.5. The number of amides is 2. The van der Waals surface area contributed by atoms with E-state index >= 15 is 0 Å². The number of aliphatic hydroxyl groups is 1. The number of hydrogen-bond donors (Lipinski definition) is 2. The molecule has 0 radical (unpaired) electrons. The van der Waals surface area contributed by atoms with Crippen LogP contribution in [-0.2, 0) is 20.0 Å². The number of rotatable bonds is 4. The highest BCUT2D eigenvalue weighted by Crippen LogP contribution is 2.22. The fraction of sp³-hybridized carbons (Fsp3) is 0.412. The molecule has 128 valence electrons. The third-order valence-corrected chi connectivity index (χ3v) is 4.31. The number of aromatic nitrogens is 2. The van der Waals surface area contributed by atoms with Gasteiger partial charge >= 0.3 is 6.03 Å². The number of aliphatic hydroxyl groups excluding tert-OH is 1. The molecule has 2 heterocycles. The molecule has 2 atom stereocenters. The van der Waals surface area contributed by atoms with Gasteiger partial charge in [0, 0.05) is 26.3 Å². The van der Waals surface area contributed by atoms with Crippen LogP contribution in [0.2, 0.25) is 0 Å². The molecular formula is C17H21FN4O2. The molecule has 2 N–H and O–H groups in total. The summed E-state index contributed by atoms with van der Waals surface area (Å²) in [7, 11) is 1.83. The lowest BCUT2D eigenvalue weighted by Gasteiger charge is -2.26. The molecule has 1 fully saturated rings. The van der Waals surface area contributed by atoms with Gasteiger partial charge in [-0.2, -0.15) is 5.10 Å². The van der Waals surface area contributed by atoms with E-state index in [1.165, 1.54) is 12.1 Å². The molecule has 6 nitrogen and oxygen atoms in total. The third kappa shape index (κ3) is 3.73. The molecular weight excluding hydrogens is 311 g/mol. The molecule has 7 heteroatoms. The van der Waals surface area contributed by atoms with Gasteiger partial charge in [-0.1, -0.05) is 12.1 Å². The second-order valence-corrected chi connectivity index (χ2v) is 6.13. The Labute approximate surface area is 139 Å². The van der Waals surface area contributed by atoms with Crippen molar-refractivity contribution in [2.75, 3.05) is 6.54 Å². The van der Waals surface area contributed by atoms with Gasteiger partial charge in [0.1, 0.15) is 5.82 Å². The smallest absolute Gasteiger partial charge is 0.318 e. The molecule has 0 spiro atoms. The zero-order valence-corrected chi connectivity index (χ0v) is 13.5. The van der Waals surface area contributed by atoms with Crippen LogP contribution in [0.1, 0.15) is 17.5 Å². The quantitative estimate of drug-likeness (QED) is 0.890. The summed E-state index contributed by atoms with van der Waals surface area (Å²) in [5.41, 5.74) is 1.68. The Bertz CT molecular complexity index is 718. The SMILES string of the molecule is Cn1cc(C[C@@H]2[C@H](O)CCN2C(=O)NCc2cccc(F)c2)cn1. The molecule has 0 bridgehead atoms. The first-order chi connectivity index (χ1) is 11.5. The summed E-state index contributed by atoms with van der Waals surface area (Å²) in [6, 6.07) is 5.61. The molecule has 3 rings (SSSR count). The predicted octanol–water partition coefficient (Wildman–Crippen LogP) is 1.45. The van der Waals surface area contributed by atoms with E-state index in [1.54, 1.807) is 27.9 Å². The predicted molar refractivity (Wildman–Crippen MR) is 86.7 cm³/mol. The van der Waals surface area contributed by atoms with Crippen molar-refractivity contribution in [3.8, 4) is 0 Å². The first-order valence-electron chi connectivity index (χ1n) is 7.97. The van der Waals surface area contributed by atoms with Gasteiger partial charge in [-0.05, 0) is 36.1 Å². The van der Waals surface area contributed by atoms with E-state index in [0.29, 0.717) is 24.9 Å². The number of aryl methyl sites for hydroxylation is 1. The summed E-state index contributed by atoms with van der Waals surface area (Å²) < 4.78 is 14.9. The van der Waals surface area contributed by atoms with Crippen molar-refractivity contribution in [3.05, 3.63) is 53.6 Å². The number of likely N-dealkylation sites (tertiary alicyclic amines) is 1. The maximum absolute atomic E-state index is 13.2. The Morgan fingerprint density at radius 1 is 1.46 bits per heavy atom. The molecule has 2 aromatic rings. The summed E-state index contributed by atoms with van der Waals surface area (Å²) in [6.45, 7) is 0.754. The molecule has 24 heavy (non-hydrogen) atoms. The lowest BCUT2D eigenvalue weighted by molar-refractivity contribution is 0.122. The Kier molecular flexibility index (Phi) is 4.80. The summed E-state index contributed by atoms with van der Waals surface area (Å²) in [5, 5.41) is 17.1. The second kappa shape index (κ2) is 7.00. The fourth-order valence-corrected chi connectivity index (χ4v) is 3.08. The fourth-order valence-electron chi connectivity index (χ4n) is 3.08. The molecule has 0 aliphatic carbocycles. The Balaban J connectivity index is 1.62. The van der Waals surface area contributed by atoms with Gasteiger partial charge in [-0.15, -0.1) is 0 Å². The monoisotopic (exact) mass is 332 g/mol. The lowest BCUT2D eigenvalue weighted by atomic mass is 10.0. The number of benzene rings is 1. The average Bonchev–Trinajstić information content (AvgIpc) is 3.12. The maximum atomic E-state index is 13.2. The molecule has 0 unspecified atom stereocenters. The van der Waals surface area contributed by atoms with Gasteiger partial charge in [-0.25, -0.2) is 9.18 Å². The molecule has 1 aromatic carbocycles. The first-order valence-corrected chi connectivity index (χ1v) is 7.97. The summed E-state index contributed by atoms with van der Waals surface area (Å²) in [5.74, 6) is -0.326. The number of halogens is 1. The van der Waals surface area contributed by atoms with Crippen molar-refractivity contribution in [2.24, 2.45) is 7.05 Å². The van der Waals surface area contributed by atoms with Gasteiger partial charge in [0.05, 0.1) is 18.3 Å². The van der Waals surface area contributed by atoms with E-state index in [0.717, 1.165) is 5.56 Å². The minimum Gasteiger partial charge on any atom is -0.391 e. The average molecular weight is 332 g/mol. The lowest BCUT2D eigenvalue weighted by Crippen LogP contribution is -2.46. The second-order valence-electron chi connectivity index (χ2n) is 6.13. The van der Waals surface area contributed by atoms with Gasteiger partial charge < -0.3 is 15.3 Å². The number of carbonyl (C=O) groups excluding carboxylic acids is 1. The van der Waals surface area contributed by atoms with Crippen LogP contribution in [0, 0.1) is 5.82 Å². The topological polar surface area (TPSA) is 70.4 Å². The van der Waals surface area contributed by atoms with Crippen molar-refractivity contribution in [2.45, 2.75) is 31.5 Å². The Morgan fingerprint density at radius 3 is 3.00 bits per heavy atom. The van der Waals surface area contributed by atoms with E-state index in [4.69, 9.17) is 0 Å². The highest BCUT2D eigenvalue weighted by molar-refractivity contribution is 5.75. The van der Waals surface area contributed by atoms with Gasteiger partial charge in [0.15, 0.2) is 0 Å². The minimum atomic E-state index is -0.551. The number of nitrogens with zero attached hydrogens (tertiary/aromatic N) is 3. The highest BCUT2D eigenvalue weighted by atomic mass is 19.1. The van der Waals surface area contributed by atoms with Crippen molar-refractivity contribution in [1.29, 1.82) is 0 Å². The van der Waals surface area contributed by atoms with Crippen LogP contribution in [0.15, 0.2) is 36.7 Å². The highest BCUT2D eigenvalue weighted by Gasteiger charge is 2.36. The van der Waals surface area contributed by atoms with Crippen molar-refractivity contribution < 1.29 is 14.3 Å². The minimum absolute atomic E-state index is 0.246. The summed E-state index contributed by atoms with van der Waals surface area (Å²) >= 11 is 0. The number of urea groups is 1.